The monoisotopic (exact) mass is 345 g/mol. The van der Waals surface area contributed by atoms with E-state index in [4.69, 9.17) is 5.73 Å². The number of carbonyl (C=O) groups is 1. The van der Waals surface area contributed by atoms with E-state index in [1.165, 1.54) is 70.6 Å². The van der Waals surface area contributed by atoms with Gasteiger partial charge < -0.3 is 5.73 Å². The molecule has 2 heteroatoms. The van der Waals surface area contributed by atoms with E-state index in [1.807, 2.05) is 0 Å². The molecule has 4 aliphatic carbocycles. The highest BCUT2D eigenvalue weighted by Gasteiger charge is 2.59. The van der Waals surface area contributed by atoms with E-state index in [0.717, 1.165) is 36.0 Å². The van der Waals surface area contributed by atoms with Gasteiger partial charge in [-0.25, -0.2) is 0 Å². The number of carbonyl (C=O) groups excluding carboxylic acids is 1. The van der Waals surface area contributed by atoms with Crippen LogP contribution in [0.5, 0.6) is 0 Å². The standard InChI is InChI=1S/C23H39NO/c1-22-14-4-3-6-16(22)9-11-18-19-12-10-17(7-5-8-21(24)25)23(19,2)15-13-20(18)22/h16-20H,3-15H2,1-2H3,(H2,24,25). The van der Waals surface area contributed by atoms with E-state index in [9.17, 15) is 4.79 Å². The molecule has 0 aromatic heterocycles. The van der Waals surface area contributed by atoms with Gasteiger partial charge in [-0.1, -0.05) is 26.7 Å². The van der Waals surface area contributed by atoms with E-state index in [-0.39, 0.29) is 5.91 Å². The van der Waals surface area contributed by atoms with Crippen LogP contribution >= 0.6 is 0 Å². The zero-order valence-electron chi connectivity index (χ0n) is 16.6. The van der Waals surface area contributed by atoms with Crippen molar-refractivity contribution in [2.24, 2.45) is 46.2 Å². The summed E-state index contributed by atoms with van der Waals surface area (Å²) in [5.41, 5.74) is 6.58. The Bertz CT molecular complexity index is 516. The Morgan fingerprint density at radius 2 is 1.72 bits per heavy atom. The zero-order chi connectivity index (χ0) is 17.7. The molecule has 2 N–H and O–H groups in total. The molecule has 142 valence electrons. The Morgan fingerprint density at radius 3 is 2.52 bits per heavy atom. The number of hydrogen-bond acceptors (Lipinski definition) is 1. The lowest BCUT2D eigenvalue weighted by Gasteiger charge is -2.60. The number of nitrogens with two attached hydrogens (primary N) is 1. The Balaban J connectivity index is 1.48. The summed E-state index contributed by atoms with van der Waals surface area (Å²) in [5.74, 6) is 4.72. The molecule has 4 saturated carbocycles. The van der Waals surface area contributed by atoms with Gasteiger partial charge in [-0.3, -0.25) is 4.79 Å². The average Bonchev–Trinajstić information content (AvgIpc) is 2.91. The lowest BCUT2D eigenvalue weighted by molar-refractivity contribution is -0.118. The molecule has 0 bridgehead atoms. The van der Waals surface area contributed by atoms with Crippen molar-refractivity contribution in [1.29, 1.82) is 0 Å². The van der Waals surface area contributed by atoms with Gasteiger partial charge in [-0.2, -0.15) is 0 Å². The first kappa shape index (κ1) is 17.9. The molecule has 4 rings (SSSR count). The summed E-state index contributed by atoms with van der Waals surface area (Å²) in [7, 11) is 0. The number of primary amides is 1. The molecule has 0 spiro atoms. The van der Waals surface area contributed by atoms with Gasteiger partial charge in [0.25, 0.3) is 0 Å². The van der Waals surface area contributed by atoms with Crippen LogP contribution in [-0.4, -0.2) is 5.91 Å². The molecule has 1 amide bonds. The smallest absolute Gasteiger partial charge is 0.217 e. The SMILES string of the molecule is CC12CCCCC1CCC1C2CCC2(C)C(CCCC(N)=O)CCC12. The Hall–Kier alpha value is -0.530. The largest absolute Gasteiger partial charge is 0.370 e. The molecule has 25 heavy (non-hydrogen) atoms. The number of amides is 1. The van der Waals surface area contributed by atoms with Gasteiger partial charge in [0.2, 0.25) is 5.91 Å². The molecule has 0 heterocycles. The van der Waals surface area contributed by atoms with Gasteiger partial charge in [0, 0.05) is 6.42 Å². The number of rotatable bonds is 4. The predicted molar refractivity (Wildman–Crippen MR) is 103 cm³/mol. The molecule has 0 saturated heterocycles. The molecule has 4 aliphatic rings. The molecule has 0 aromatic rings. The normalized spacial score (nSPS) is 49.1. The summed E-state index contributed by atoms with van der Waals surface area (Å²) >= 11 is 0. The van der Waals surface area contributed by atoms with Gasteiger partial charge in [0.15, 0.2) is 0 Å². The van der Waals surface area contributed by atoms with Crippen LogP contribution in [0.4, 0.5) is 0 Å². The van der Waals surface area contributed by atoms with Crippen molar-refractivity contribution in [3.05, 3.63) is 0 Å². The van der Waals surface area contributed by atoms with E-state index in [1.54, 1.807) is 0 Å². The molecule has 7 unspecified atom stereocenters. The second-order valence-electron chi connectivity index (χ2n) is 10.6. The predicted octanol–water partition coefficient (Wildman–Crippen LogP) is 5.69. The molecule has 7 atom stereocenters. The molecule has 4 fully saturated rings. The van der Waals surface area contributed by atoms with Crippen molar-refractivity contribution < 1.29 is 4.79 Å². The summed E-state index contributed by atoms with van der Waals surface area (Å²) in [6, 6.07) is 0. The Kier molecular flexibility index (Phi) is 4.69. The van der Waals surface area contributed by atoms with Crippen molar-refractivity contribution in [2.75, 3.05) is 0 Å². The van der Waals surface area contributed by atoms with Crippen LogP contribution in [0.3, 0.4) is 0 Å². The Labute approximate surface area is 154 Å². The van der Waals surface area contributed by atoms with Crippen molar-refractivity contribution in [3.8, 4) is 0 Å². The van der Waals surface area contributed by atoms with Crippen LogP contribution in [0.2, 0.25) is 0 Å². The molecule has 2 nitrogen and oxygen atoms in total. The number of fused-ring (bicyclic) bond motifs is 5. The van der Waals surface area contributed by atoms with Crippen LogP contribution in [0.1, 0.15) is 97.3 Å². The average molecular weight is 346 g/mol. The molecule has 0 radical (unpaired) electrons. The number of hydrogen-bond donors (Lipinski definition) is 1. The maximum Gasteiger partial charge on any atom is 0.217 e. The van der Waals surface area contributed by atoms with Gasteiger partial charge in [0.05, 0.1) is 0 Å². The van der Waals surface area contributed by atoms with E-state index in [2.05, 4.69) is 13.8 Å². The summed E-state index contributed by atoms with van der Waals surface area (Å²) in [6.45, 7) is 5.29. The second kappa shape index (κ2) is 6.57. The minimum atomic E-state index is -0.119. The third kappa shape index (κ3) is 2.86. The summed E-state index contributed by atoms with van der Waals surface area (Å²) in [5, 5.41) is 0. The van der Waals surface area contributed by atoms with Crippen LogP contribution in [0.25, 0.3) is 0 Å². The fourth-order valence-corrected chi connectivity index (χ4v) is 8.40. The van der Waals surface area contributed by atoms with Crippen LogP contribution in [-0.2, 0) is 4.79 Å². The molecule has 0 aliphatic heterocycles. The molecule has 0 aromatic carbocycles. The molecular weight excluding hydrogens is 306 g/mol. The van der Waals surface area contributed by atoms with Crippen LogP contribution in [0, 0.1) is 40.4 Å². The fraction of sp³-hybridized carbons (Fsp3) is 0.957. The topological polar surface area (TPSA) is 43.1 Å². The first-order chi connectivity index (χ1) is 11.9. The van der Waals surface area contributed by atoms with Crippen molar-refractivity contribution >= 4 is 5.91 Å². The Morgan fingerprint density at radius 1 is 0.920 bits per heavy atom. The summed E-state index contributed by atoms with van der Waals surface area (Å²) < 4.78 is 0. The zero-order valence-corrected chi connectivity index (χ0v) is 16.6. The maximum absolute atomic E-state index is 11.1. The van der Waals surface area contributed by atoms with Crippen molar-refractivity contribution in [3.63, 3.8) is 0 Å². The highest BCUT2D eigenvalue weighted by Crippen LogP contribution is 2.67. The molecular formula is C23H39NO. The lowest BCUT2D eigenvalue weighted by Crippen LogP contribution is -2.52. The van der Waals surface area contributed by atoms with Gasteiger partial charge in [-0.15, -0.1) is 0 Å². The summed E-state index contributed by atoms with van der Waals surface area (Å²) in [6.07, 6.45) is 17.6. The first-order valence-electron chi connectivity index (χ1n) is 11.2. The second-order valence-corrected chi connectivity index (χ2v) is 10.6. The van der Waals surface area contributed by atoms with Crippen LogP contribution < -0.4 is 5.73 Å². The highest BCUT2D eigenvalue weighted by molar-refractivity contribution is 5.73. The fourth-order valence-electron chi connectivity index (χ4n) is 8.40. The van der Waals surface area contributed by atoms with Crippen LogP contribution in [0.15, 0.2) is 0 Å². The lowest BCUT2D eigenvalue weighted by atomic mass is 9.45. The summed E-state index contributed by atoms with van der Waals surface area (Å²) in [4.78, 5) is 11.1. The quantitative estimate of drug-likeness (QED) is 0.698. The van der Waals surface area contributed by atoms with E-state index >= 15 is 0 Å². The highest BCUT2D eigenvalue weighted by atomic mass is 16.1. The minimum absolute atomic E-state index is 0.119. The van der Waals surface area contributed by atoms with Crippen molar-refractivity contribution in [1.82, 2.24) is 0 Å². The van der Waals surface area contributed by atoms with E-state index < -0.39 is 0 Å². The third-order valence-electron chi connectivity index (χ3n) is 9.76. The minimum Gasteiger partial charge on any atom is -0.370 e. The maximum atomic E-state index is 11.1. The van der Waals surface area contributed by atoms with Gasteiger partial charge >= 0.3 is 0 Å². The van der Waals surface area contributed by atoms with Crippen molar-refractivity contribution in [2.45, 2.75) is 97.3 Å². The first-order valence-corrected chi connectivity index (χ1v) is 11.2. The van der Waals surface area contributed by atoms with E-state index in [0.29, 0.717) is 17.3 Å². The third-order valence-corrected chi connectivity index (χ3v) is 9.76. The van der Waals surface area contributed by atoms with Gasteiger partial charge in [0.1, 0.15) is 0 Å². The van der Waals surface area contributed by atoms with Gasteiger partial charge in [-0.05, 0) is 105 Å².